The van der Waals surface area contributed by atoms with Crippen molar-refractivity contribution in [2.45, 2.75) is 43.5 Å². The minimum absolute atomic E-state index is 0.410. The second-order valence-corrected chi connectivity index (χ2v) is 6.96. The highest BCUT2D eigenvalue weighted by molar-refractivity contribution is 7.99. The van der Waals surface area contributed by atoms with Crippen LogP contribution in [-0.4, -0.2) is 27.1 Å². The van der Waals surface area contributed by atoms with Crippen LogP contribution in [0.15, 0.2) is 43.0 Å². The Balaban J connectivity index is 1.61. The van der Waals surface area contributed by atoms with Gasteiger partial charge in [-0.1, -0.05) is 12.1 Å². The van der Waals surface area contributed by atoms with E-state index in [1.807, 2.05) is 28.9 Å². The molecule has 4 heteroatoms. The number of rotatable bonds is 5. The van der Waals surface area contributed by atoms with Gasteiger partial charge >= 0.3 is 0 Å². The first-order valence-electron chi connectivity index (χ1n) is 7.63. The first kappa shape index (κ1) is 14.7. The number of thioether (sulfide) groups is 1. The topological polar surface area (TPSA) is 29.9 Å². The molecule has 0 aliphatic heterocycles. The van der Waals surface area contributed by atoms with Crippen LogP contribution in [0.1, 0.15) is 37.8 Å². The zero-order valence-corrected chi connectivity index (χ0v) is 13.5. The molecular formula is C17H23N3S. The molecule has 1 aliphatic rings. The number of hydrogen-bond donors (Lipinski definition) is 1. The van der Waals surface area contributed by atoms with E-state index in [2.05, 4.69) is 47.7 Å². The van der Waals surface area contributed by atoms with Crippen molar-refractivity contribution in [2.24, 2.45) is 0 Å². The van der Waals surface area contributed by atoms with E-state index in [4.69, 9.17) is 0 Å². The van der Waals surface area contributed by atoms with E-state index in [9.17, 15) is 0 Å². The highest BCUT2D eigenvalue weighted by Crippen LogP contribution is 2.29. The molecule has 1 N–H and O–H groups in total. The molecule has 1 saturated carbocycles. The van der Waals surface area contributed by atoms with Crippen LogP contribution in [-0.2, 0) is 0 Å². The standard InChI is InChI=1S/C17H23N3S/c1-13(19-15-5-8-17(11-15)21-2)14-3-6-16(7-4-14)20-10-9-18-12-20/h3-4,6-7,9-10,12-13,15,17,19H,5,8,11H2,1-2H3. The zero-order valence-electron chi connectivity index (χ0n) is 12.7. The molecule has 3 nitrogen and oxygen atoms in total. The van der Waals surface area contributed by atoms with Crippen LogP contribution in [0.3, 0.4) is 0 Å². The molecule has 3 unspecified atom stereocenters. The summed E-state index contributed by atoms with van der Waals surface area (Å²) in [5.74, 6) is 0. The minimum Gasteiger partial charge on any atom is -0.307 e. The summed E-state index contributed by atoms with van der Waals surface area (Å²) in [7, 11) is 0. The van der Waals surface area contributed by atoms with Gasteiger partial charge in [0.1, 0.15) is 0 Å². The summed E-state index contributed by atoms with van der Waals surface area (Å²) < 4.78 is 2.03. The Kier molecular flexibility index (Phi) is 4.66. The average Bonchev–Trinajstić information content (AvgIpc) is 3.19. The average molecular weight is 301 g/mol. The minimum atomic E-state index is 0.410. The van der Waals surface area contributed by atoms with Crippen LogP contribution in [0.4, 0.5) is 0 Å². The molecule has 1 fully saturated rings. The van der Waals surface area contributed by atoms with Gasteiger partial charge < -0.3 is 9.88 Å². The van der Waals surface area contributed by atoms with Gasteiger partial charge in [-0.05, 0) is 50.1 Å². The Hall–Kier alpha value is -1.26. The molecule has 3 atom stereocenters. The fraction of sp³-hybridized carbons (Fsp3) is 0.471. The van der Waals surface area contributed by atoms with Crippen molar-refractivity contribution in [1.29, 1.82) is 0 Å². The van der Waals surface area contributed by atoms with E-state index in [1.165, 1.54) is 24.8 Å². The zero-order chi connectivity index (χ0) is 14.7. The van der Waals surface area contributed by atoms with Gasteiger partial charge in [-0.2, -0.15) is 11.8 Å². The summed E-state index contributed by atoms with van der Waals surface area (Å²) >= 11 is 2.01. The molecule has 0 radical (unpaired) electrons. The molecule has 0 bridgehead atoms. The van der Waals surface area contributed by atoms with Crippen LogP contribution in [0.25, 0.3) is 5.69 Å². The molecule has 0 amide bonds. The highest BCUT2D eigenvalue weighted by atomic mass is 32.2. The number of imidazole rings is 1. The van der Waals surface area contributed by atoms with Crippen LogP contribution in [0, 0.1) is 0 Å². The van der Waals surface area contributed by atoms with Gasteiger partial charge in [-0.25, -0.2) is 4.98 Å². The van der Waals surface area contributed by atoms with Gasteiger partial charge in [-0.3, -0.25) is 0 Å². The fourth-order valence-electron chi connectivity index (χ4n) is 3.10. The molecule has 2 aromatic rings. The summed E-state index contributed by atoms with van der Waals surface area (Å²) in [5.41, 5.74) is 2.51. The van der Waals surface area contributed by atoms with Gasteiger partial charge in [0.05, 0.1) is 6.33 Å². The lowest BCUT2D eigenvalue weighted by Crippen LogP contribution is -2.29. The Morgan fingerprint density at radius 3 is 2.71 bits per heavy atom. The van der Waals surface area contributed by atoms with Crippen molar-refractivity contribution in [3.63, 3.8) is 0 Å². The normalized spacial score (nSPS) is 23.3. The lowest BCUT2D eigenvalue weighted by molar-refractivity contribution is 0.462. The van der Waals surface area contributed by atoms with Crippen molar-refractivity contribution in [2.75, 3.05) is 6.26 Å². The monoisotopic (exact) mass is 301 g/mol. The summed E-state index contributed by atoms with van der Waals surface area (Å²) in [6.07, 6.45) is 11.8. The Bertz CT molecular complexity index is 550. The molecule has 0 spiro atoms. The third-order valence-electron chi connectivity index (χ3n) is 4.40. The second-order valence-electron chi connectivity index (χ2n) is 5.82. The molecule has 1 aliphatic carbocycles. The van der Waals surface area contributed by atoms with Gasteiger partial charge in [-0.15, -0.1) is 0 Å². The first-order valence-corrected chi connectivity index (χ1v) is 8.92. The van der Waals surface area contributed by atoms with E-state index in [-0.39, 0.29) is 0 Å². The van der Waals surface area contributed by atoms with Gasteiger partial charge in [0, 0.05) is 35.4 Å². The second kappa shape index (κ2) is 6.67. The van der Waals surface area contributed by atoms with E-state index in [1.54, 1.807) is 6.20 Å². The quantitative estimate of drug-likeness (QED) is 0.911. The largest absolute Gasteiger partial charge is 0.307 e. The van der Waals surface area contributed by atoms with Crippen molar-refractivity contribution in [1.82, 2.24) is 14.9 Å². The maximum Gasteiger partial charge on any atom is 0.0991 e. The highest BCUT2D eigenvalue weighted by Gasteiger charge is 2.24. The molecule has 0 saturated heterocycles. The third kappa shape index (κ3) is 3.50. The molecule has 1 heterocycles. The lowest BCUT2D eigenvalue weighted by Gasteiger charge is -2.20. The molecule has 112 valence electrons. The number of hydrogen-bond acceptors (Lipinski definition) is 3. The van der Waals surface area contributed by atoms with Gasteiger partial charge in [0.25, 0.3) is 0 Å². The molecular weight excluding hydrogens is 278 g/mol. The van der Waals surface area contributed by atoms with Crippen molar-refractivity contribution in [3.8, 4) is 5.69 Å². The number of aromatic nitrogens is 2. The molecule has 3 rings (SSSR count). The SMILES string of the molecule is CSC1CCC(NC(C)c2ccc(-n3ccnc3)cc2)C1. The molecule has 1 aromatic carbocycles. The van der Waals surface area contributed by atoms with Crippen molar-refractivity contribution < 1.29 is 0 Å². The number of benzene rings is 1. The summed E-state index contributed by atoms with van der Waals surface area (Å²) in [6.45, 7) is 2.26. The van der Waals surface area contributed by atoms with Crippen LogP contribution >= 0.6 is 11.8 Å². The molecule has 1 aromatic heterocycles. The maximum absolute atomic E-state index is 4.09. The van der Waals surface area contributed by atoms with Crippen molar-refractivity contribution >= 4 is 11.8 Å². The van der Waals surface area contributed by atoms with Crippen molar-refractivity contribution in [3.05, 3.63) is 48.5 Å². The van der Waals surface area contributed by atoms with Gasteiger partial charge in [0.15, 0.2) is 0 Å². The van der Waals surface area contributed by atoms with Crippen LogP contribution in [0.2, 0.25) is 0 Å². The smallest absolute Gasteiger partial charge is 0.0991 e. The Labute approximate surface area is 131 Å². The third-order valence-corrected chi connectivity index (χ3v) is 5.49. The number of nitrogens with zero attached hydrogens (tertiary/aromatic N) is 2. The molecule has 21 heavy (non-hydrogen) atoms. The van der Waals surface area contributed by atoms with E-state index in [0.717, 1.165) is 10.9 Å². The summed E-state index contributed by atoms with van der Waals surface area (Å²) in [5, 5.41) is 4.63. The summed E-state index contributed by atoms with van der Waals surface area (Å²) in [4.78, 5) is 4.09. The first-order chi connectivity index (χ1) is 10.3. The predicted octanol–water partition coefficient (Wildman–Crippen LogP) is 3.81. The Morgan fingerprint density at radius 1 is 1.29 bits per heavy atom. The maximum atomic E-state index is 4.09. The van der Waals surface area contributed by atoms with Crippen LogP contribution < -0.4 is 5.32 Å². The number of nitrogens with one attached hydrogen (secondary N) is 1. The van der Waals surface area contributed by atoms with E-state index in [0.29, 0.717) is 12.1 Å². The van der Waals surface area contributed by atoms with E-state index >= 15 is 0 Å². The predicted molar refractivity (Wildman–Crippen MR) is 90.1 cm³/mol. The lowest BCUT2D eigenvalue weighted by atomic mass is 10.1. The summed E-state index contributed by atoms with van der Waals surface area (Å²) in [6, 6.07) is 9.84. The fourth-order valence-corrected chi connectivity index (χ4v) is 3.90. The van der Waals surface area contributed by atoms with E-state index < -0.39 is 0 Å². The van der Waals surface area contributed by atoms with Gasteiger partial charge in [0.2, 0.25) is 0 Å². The van der Waals surface area contributed by atoms with Crippen LogP contribution in [0.5, 0.6) is 0 Å². The Morgan fingerprint density at radius 2 is 2.10 bits per heavy atom.